The van der Waals surface area contributed by atoms with E-state index in [1.807, 2.05) is 0 Å². The molecule has 3 rings (SSSR count). The average molecular weight is 250 g/mol. The van der Waals surface area contributed by atoms with Crippen LogP contribution in [0, 0.1) is 5.92 Å². The molecule has 0 aromatic rings. The van der Waals surface area contributed by atoms with E-state index >= 15 is 0 Å². The molecule has 2 heterocycles. The van der Waals surface area contributed by atoms with Gasteiger partial charge in [-0.15, -0.1) is 0 Å². The van der Waals surface area contributed by atoms with Crippen molar-refractivity contribution >= 4 is 0 Å². The first kappa shape index (κ1) is 12.9. The van der Waals surface area contributed by atoms with Crippen LogP contribution in [-0.4, -0.2) is 36.1 Å². The highest BCUT2D eigenvalue weighted by Gasteiger charge is 2.36. The Morgan fingerprint density at radius 2 is 1.67 bits per heavy atom. The van der Waals surface area contributed by atoms with Crippen molar-refractivity contribution < 1.29 is 0 Å². The Labute approximate surface area is 113 Å². The minimum Gasteiger partial charge on any atom is -0.311 e. The maximum atomic E-state index is 3.78. The lowest BCUT2D eigenvalue weighted by Crippen LogP contribution is -2.49. The number of hydrogen-bond donors (Lipinski definition) is 1. The van der Waals surface area contributed by atoms with Crippen LogP contribution >= 0.6 is 0 Å². The highest BCUT2D eigenvalue weighted by Crippen LogP contribution is 2.32. The van der Waals surface area contributed by atoms with Crippen molar-refractivity contribution in [1.82, 2.24) is 10.2 Å². The molecule has 3 aliphatic rings. The van der Waals surface area contributed by atoms with Crippen LogP contribution in [0.5, 0.6) is 0 Å². The van der Waals surface area contributed by atoms with Gasteiger partial charge in [-0.1, -0.05) is 19.8 Å². The molecule has 1 N–H and O–H groups in total. The number of fused-ring (bicyclic) bond motifs is 2. The molecular formula is C16H30N2. The molecule has 2 bridgehead atoms. The van der Waals surface area contributed by atoms with E-state index in [-0.39, 0.29) is 0 Å². The lowest BCUT2D eigenvalue weighted by atomic mass is 9.96. The topological polar surface area (TPSA) is 15.3 Å². The maximum Gasteiger partial charge on any atom is 0.0125 e. The van der Waals surface area contributed by atoms with Crippen LogP contribution in [0.1, 0.15) is 64.7 Å². The summed E-state index contributed by atoms with van der Waals surface area (Å²) in [6.45, 7) is 5.08. The fraction of sp³-hybridized carbons (Fsp3) is 1.00. The molecule has 0 radical (unpaired) electrons. The van der Waals surface area contributed by atoms with E-state index in [0.29, 0.717) is 0 Å². The van der Waals surface area contributed by atoms with Crippen molar-refractivity contribution in [2.45, 2.75) is 82.8 Å². The molecule has 2 atom stereocenters. The molecule has 2 heteroatoms. The van der Waals surface area contributed by atoms with Crippen molar-refractivity contribution in [2.75, 3.05) is 13.1 Å². The second-order valence-electron chi connectivity index (χ2n) is 6.91. The van der Waals surface area contributed by atoms with E-state index in [4.69, 9.17) is 0 Å². The SMILES string of the molecule is CCCN(CC1CCCC1)C1CC2CCC(C1)N2. The van der Waals surface area contributed by atoms with Gasteiger partial charge in [-0.25, -0.2) is 0 Å². The Morgan fingerprint density at radius 1 is 1.00 bits per heavy atom. The van der Waals surface area contributed by atoms with Gasteiger partial charge in [-0.05, 0) is 57.4 Å². The summed E-state index contributed by atoms with van der Waals surface area (Å²) < 4.78 is 0. The highest BCUT2D eigenvalue weighted by atomic mass is 15.2. The monoisotopic (exact) mass is 250 g/mol. The molecule has 1 saturated carbocycles. The van der Waals surface area contributed by atoms with Crippen molar-refractivity contribution in [1.29, 1.82) is 0 Å². The van der Waals surface area contributed by atoms with E-state index < -0.39 is 0 Å². The number of hydrogen-bond acceptors (Lipinski definition) is 2. The number of rotatable bonds is 5. The average Bonchev–Trinajstić information content (AvgIpc) is 2.99. The van der Waals surface area contributed by atoms with E-state index in [1.54, 1.807) is 0 Å². The zero-order valence-corrected chi connectivity index (χ0v) is 12.0. The van der Waals surface area contributed by atoms with Gasteiger partial charge in [0.2, 0.25) is 0 Å². The van der Waals surface area contributed by atoms with Crippen LogP contribution in [-0.2, 0) is 0 Å². The van der Waals surface area contributed by atoms with Gasteiger partial charge >= 0.3 is 0 Å². The van der Waals surface area contributed by atoms with Crippen molar-refractivity contribution in [3.63, 3.8) is 0 Å². The Bertz CT molecular complexity index is 248. The highest BCUT2D eigenvalue weighted by molar-refractivity contribution is 4.96. The molecule has 0 amide bonds. The van der Waals surface area contributed by atoms with Crippen molar-refractivity contribution in [2.24, 2.45) is 5.92 Å². The molecule has 2 aliphatic heterocycles. The molecule has 0 spiro atoms. The minimum absolute atomic E-state index is 0.844. The van der Waals surface area contributed by atoms with E-state index in [9.17, 15) is 0 Å². The smallest absolute Gasteiger partial charge is 0.0125 e. The first-order chi connectivity index (χ1) is 8.85. The van der Waals surface area contributed by atoms with Gasteiger partial charge in [0.25, 0.3) is 0 Å². The summed E-state index contributed by atoms with van der Waals surface area (Å²) >= 11 is 0. The van der Waals surface area contributed by atoms with Crippen LogP contribution in [0.3, 0.4) is 0 Å². The largest absolute Gasteiger partial charge is 0.311 e. The summed E-state index contributed by atoms with van der Waals surface area (Å²) in [4.78, 5) is 2.86. The summed E-state index contributed by atoms with van der Waals surface area (Å²) in [7, 11) is 0. The van der Waals surface area contributed by atoms with Crippen LogP contribution in [0.25, 0.3) is 0 Å². The first-order valence-corrected chi connectivity index (χ1v) is 8.35. The second kappa shape index (κ2) is 5.92. The van der Waals surface area contributed by atoms with Crippen LogP contribution < -0.4 is 5.32 Å². The van der Waals surface area contributed by atoms with E-state index in [2.05, 4.69) is 17.1 Å². The van der Waals surface area contributed by atoms with Gasteiger partial charge in [0.05, 0.1) is 0 Å². The van der Waals surface area contributed by atoms with E-state index in [1.165, 1.54) is 70.9 Å². The molecule has 104 valence electrons. The lowest BCUT2D eigenvalue weighted by molar-refractivity contribution is 0.122. The number of nitrogens with one attached hydrogen (secondary N) is 1. The fourth-order valence-corrected chi connectivity index (χ4v) is 4.56. The maximum absolute atomic E-state index is 3.78. The zero-order chi connectivity index (χ0) is 12.4. The minimum atomic E-state index is 0.844. The van der Waals surface area contributed by atoms with Gasteiger partial charge in [-0.3, -0.25) is 0 Å². The predicted molar refractivity (Wildman–Crippen MR) is 76.8 cm³/mol. The quantitative estimate of drug-likeness (QED) is 0.806. The van der Waals surface area contributed by atoms with Crippen molar-refractivity contribution in [3.8, 4) is 0 Å². The number of nitrogens with zero attached hydrogens (tertiary/aromatic N) is 1. The summed E-state index contributed by atoms with van der Waals surface area (Å²) in [6, 6.07) is 2.58. The summed E-state index contributed by atoms with van der Waals surface area (Å²) in [5, 5.41) is 3.78. The Morgan fingerprint density at radius 3 is 2.28 bits per heavy atom. The molecular weight excluding hydrogens is 220 g/mol. The summed E-state index contributed by atoms with van der Waals surface area (Å²) in [6.07, 6.45) is 13.0. The standard InChI is InChI=1S/C16H30N2/c1-2-9-18(12-13-5-3-4-6-13)16-10-14-7-8-15(11-16)17-14/h13-17H,2-12H2,1H3. The van der Waals surface area contributed by atoms with Gasteiger partial charge < -0.3 is 10.2 Å². The van der Waals surface area contributed by atoms with Crippen LogP contribution in [0.2, 0.25) is 0 Å². The molecule has 2 saturated heterocycles. The third-order valence-electron chi connectivity index (χ3n) is 5.44. The zero-order valence-electron chi connectivity index (χ0n) is 12.0. The number of piperidine rings is 1. The lowest BCUT2D eigenvalue weighted by Gasteiger charge is -2.39. The van der Waals surface area contributed by atoms with Gasteiger partial charge in [0.1, 0.15) is 0 Å². The Balaban J connectivity index is 1.57. The van der Waals surface area contributed by atoms with Crippen LogP contribution in [0.4, 0.5) is 0 Å². The first-order valence-electron chi connectivity index (χ1n) is 8.35. The molecule has 0 aromatic heterocycles. The van der Waals surface area contributed by atoms with Crippen LogP contribution in [0.15, 0.2) is 0 Å². The Hall–Kier alpha value is -0.0800. The molecule has 18 heavy (non-hydrogen) atoms. The normalized spacial score (nSPS) is 36.7. The predicted octanol–water partition coefficient (Wildman–Crippen LogP) is 3.17. The second-order valence-corrected chi connectivity index (χ2v) is 6.91. The van der Waals surface area contributed by atoms with Crippen molar-refractivity contribution in [3.05, 3.63) is 0 Å². The molecule has 1 aliphatic carbocycles. The third-order valence-corrected chi connectivity index (χ3v) is 5.44. The molecule has 2 unspecified atom stereocenters. The fourth-order valence-electron chi connectivity index (χ4n) is 4.56. The summed E-state index contributed by atoms with van der Waals surface area (Å²) in [5.41, 5.74) is 0. The van der Waals surface area contributed by atoms with Gasteiger partial charge in [0.15, 0.2) is 0 Å². The van der Waals surface area contributed by atoms with Gasteiger partial charge in [-0.2, -0.15) is 0 Å². The molecule has 2 nitrogen and oxygen atoms in total. The molecule has 3 fully saturated rings. The van der Waals surface area contributed by atoms with E-state index in [0.717, 1.165) is 24.0 Å². The Kier molecular flexibility index (Phi) is 4.25. The summed E-state index contributed by atoms with van der Waals surface area (Å²) in [5.74, 6) is 1.02. The van der Waals surface area contributed by atoms with Gasteiger partial charge in [0, 0.05) is 24.7 Å². The molecule has 0 aromatic carbocycles. The third kappa shape index (κ3) is 2.91.